The SMILES string of the molecule is Cc1cnn([C@@H]2CCCc3ccccc32)c1NC(=O)CCc1cccnc1. The van der Waals surface area contributed by atoms with E-state index in [0.717, 1.165) is 36.2 Å². The van der Waals surface area contributed by atoms with Crippen LogP contribution in [0.15, 0.2) is 55.0 Å². The number of rotatable bonds is 5. The number of amides is 1. The predicted octanol–water partition coefficient (Wildman–Crippen LogP) is 4.08. The molecule has 5 heteroatoms. The van der Waals surface area contributed by atoms with Gasteiger partial charge in [-0.1, -0.05) is 30.3 Å². The lowest BCUT2D eigenvalue weighted by atomic mass is 9.88. The molecule has 2 heterocycles. The molecule has 138 valence electrons. The fraction of sp³-hybridized carbons (Fsp3) is 0.318. The summed E-state index contributed by atoms with van der Waals surface area (Å²) in [5, 5.41) is 7.70. The molecule has 1 amide bonds. The molecule has 0 bridgehead atoms. The van der Waals surface area contributed by atoms with Gasteiger partial charge < -0.3 is 5.32 Å². The molecule has 27 heavy (non-hydrogen) atoms. The van der Waals surface area contributed by atoms with Crippen LogP contribution in [0.2, 0.25) is 0 Å². The Kier molecular flexibility index (Phi) is 5.01. The molecule has 1 aromatic carbocycles. The van der Waals surface area contributed by atoms with Crippen LogP contribution >= 0.6 is 0 Å². The van der Waals surface area contributed by atoms with Crippen molar-refractivity contribution < 1.29 is 4.79 Å². The Labute approximate surface area is 159 Å². The fourth-order valence-electron chi connectivity index (χ4n) is 3.82. The molecule has 0 fully saturated rings. The van der Waals surface area contributed by atoms with Gasteiger partial charge >= 0.3 is 0 Å². The summed E-state index contributed by atoms with van der Waals surface area (Å²) in [5.74, 6) is 0.820. The van der Waals surface area contributed by atoms with E-state index in [4.69, 9.17) is 0 Å². The van der Waals surface area contributed by atoms with Gasteiger partial charge in [0.15, 0.2) is 0 Å². The molecule has 1 aliphatic rings. The zero-order valence-corrected chi connectivity index (χ0v) is 15.6. The normalized spacial score (nSPS) is 16.0. The second kappa shape index (κ2) is 7.74. The Morgan fingerprint density at radius 2 is 2.11 bits per heavy atom. The van der Waals surface area contributed by atoms with E-state index >= 15 is 0 Å². The molecular weight excluding hydrogens is 336 g/mol. The zero-order chi connectivity index (χ0) is 18.6. The van der Waals surface area contributed by atoms with Crippen LogP contribution in [0.4, 0.5) is 5.82 Å². The van der Waals surface area contributed by atoms with Crippen molar-refractivity contribution in [2.75, 3.05) is 5.32 Å². The first kappa shape index (κ1) is 17.5. The highest BCUT2D eigenvalue weighted by molar-refractivity contribution is 5.90. The highest BCUT2D eigenvalue weighted by Gasteiger charge is 2.25. The monoisotopic (exact) mass is 360 g/mol. The summed E-state index contributed by atoms with van der Waals surface area (Å²) in [7, 11) is 0. The summed E-state index contributed by atoms with van der Waals surface area (Å²) < 4.78 is 2.00. The van der Waals surface area contributed by atoms with Gasteiger partial charge in [-0.2, -0.15) is 5.10 Å². The summed E-state index contributed by atoms with van der Waals surface area (Å²) in [6, 6.07) is 12.6. The van der Waals surface area contributed by atoms with Crippen molar-refractivity contribution in [1.29, 1.82) is 0 Å². The first-order valence-electron chi connectivity index (χ1n) is 9.53. The Morgan fingerprint density at radius 1 is 1.22 bits per heavy atom. The van der Waals surface area contributed by atoms with E-state index in [9.17, 15) is 4.79 Å². The predicted molar refractivity (Wildman–Crippen MR) is 106 cm³/mol. The van der Waals surface area contributed by atoms with E-state index in [2.05, 4.69) is 39.7 Å². The lowest BCUT2D eigenvalue weighted by Crippen LogP contribution is -2.22. The van der Waals surface area contributed by atoms with Crippen molar-refractivity contribution in [3.8, 4) is 0 Å². The van der Waals surface area contributed by atoms with Gasteiger partial charge in [0.25, 0.3) is 0 Å². The molecule has 2 aromatic heterocycles. The molecule has 0 aliphatic heterocycles. The number of nitrogens with one attached hydrogen (secondary N) is 1. The third-order valence-corrected chi connectivity index (χ3v) is 5.23. The van der Waals surface area contributed by atoms with Crippen molar-refractivity contribution in [3.63, 3.8) is 0 Å². The van der Waals surface area contributed by atoms with Crippen molar-refractivity contribution in [1.82, 2.24) is 14.8 Å². The van der Waals surface area contributed by atoms with E-state index in [1.54, 1.807) is 6.20 Å². The van der Waals surface area contributed by atoms with Gasteiger partial charge in [-0.3, -0.25) is 9.78 Å². The maximum atomic E-state index is 12.5. The third-order valence-electron chi connectivity index (χ3n) is 5.23. The molecule has 1 atom stereocenters. The van der Waals surface area contributed by atoms with Crippen molar-refractivity contribution >= 4 is 11.7 Å². The number of fused-ring (bicyclic) bond motifs is 1. The van der Waals surface area contributed by atoms with Gasteiger partial charge in [-0.15, -0.1) is 0 Å². The third kappa shape index (κ3) is 3.77. The maximum Gasteiger partial charge on any atom is 0.225 e. The molecule has 0 unspecified atom stereocenters. The minimum absolute atomic E-state index is 0.00722. The van der Waals surface area contributed by atoms with Crippen molar-refractivity contribution in [2.45, 2.75) is 45.1 Å². The first-order valence-corrected chi connectivity index (χ1v) is 9.53. The molecule has 0 spiro atoms. The molecule has 0 saturated carbocycles. The molecule has 0 saturated heterocycles. The van der Waals surface area contributed by atoms with Gasteiger partial charge in [0.05, 0.1) is 12.2 Å². The zero-order valence-electron chi connectivity index (χ0n) is 15.6. The number of carbonyl (C=O) groups excluding carboxylic acids is 1. The van der Waals surface area contributed by atoms with Crippen molar-refractivity contribution in [3.05, 3.63) is 77.2 Å². The summed E-state index contributed by atoms with van der Waals surface area (Å²) in [6.07, 6.45) is 9.78. The highest BCUT2D eigenvalue weighted by atomic mass is 16.1. The van der Waals surface area contributed by atoms with Gasteiger partial charge in [-0.05, 0) is 55.4 Å². The second-order valence-corrected chi connectivity index (χ2v) is 7.14. The van der Waals surface area contributed by atoms with Gasteiger partial charge in [0.1, 0.15) is 5.82 Å². The summed E-state index contributed by atoms with van der Waals surface area (Å²) in [4.78, 5) is 16.6. The van der Waals surface area contributed by atoms with Crippen LogP contribution in [-0.2, 0) is 17.6 Å². The Morgan fingerprint density at radius 3 is 2.96 bits per heavy atom. The van der Waals surface area contributed by atoms with E-state index in [-0.39, 0.29) is 11.9 Å². The van der Waals surface area contributed by atoms with Gasteiger partial charge in [0, 0.05) is 24.4 Å². The van der Waals surface area contributed by atoms with Crippen LogP contribution in [0, 0.1) is 6.92 Å². The van der Waals surface area contributed by atoms with E-state index in [0.29, 0.717) is 12.8 Å². The molecule has 1 N–H and O–H groups in total. The quantitative estimate of drug-likeness (QED) is 0.746. The number of hydrogen-bond acceptors (Lipinski definition) is 3. The minimum Gasteiger partial charge on any atom is -0.311 e. The summed E-state index contributed by atoms with van der Waals surface area (Å²) in [6.45, 7) is 2.00. The Balaban J connectivity index is 1.52. The number of aromatic nitrogens is 3. The van der Waals surface area contributed by atoms with Crippen LogP contribution in [0.5, 0.6) is 0 Å². The number of nitrogens with zero attached hydrogens (tertiary/aromatic N) is 3. The van der Waals surface area contributed by atoms with Crippen LogP contribution < -0.4 is 5.32 Å². The fourth-order valence-corrected chi connectivity index (χ4v) is 3.82. The van der Waals surface area contributed by atoms with Crippen LogP contribution in [0.25, 0.3) is 0 Å². The average Bonchev–Trinajstić information content (AvgIpc) is 3.07. The lowest BCUT2D eigenvalue weighted by molar-refractivity contribution is -0.116. The maximum absolute atomic E-state index is 12.5. The van der Waals surface area contributed by atoms with Crippen LogP contribution in [0.1, 0.15) is 47.6 Å². The number of carbonyl (C=O) groups is 1. The second-order valence-electron chi connectivity index (χ2n) is 7.14. The Bertz CT molecular complexity index is 932. The molecule has 0 radical (unpaired) electrons. The number of hydrogen-bond donors (Lipinski definition) is 1. The van der Waals surface area contributed by atoms with E-state index < -0.39 is 0 Å². The van der Waals surface area contributed by atoms with Crippen molar-refractivity contribution in [2.24, 2.45) is 0 Å². The number of aryl methyl sites for hydroxylation is 3. The number of benzene rings is 1. The van der Waals surface area contributed by atoms with Gasteiger partial charge in [-0.25, -0.2) is 4.68 Å². The highest BCUT2D eigenvalue weighted by Crippen LogP contribution is 2.35. The molecule has 5 nitrogen and oxygen atoms in total. The molecule has 1 aliphatic carbocycles. The molecule has 3 aromatic rings. The van der Waals surface area contributed by atoms with E-state index in [1.807, 2.05) is 36.1 Å². The summed E-state index contributed by atoms with van der Waals surface area (Å²) >= 11 is 0. The summed E-state index contributed by atoms with van der Waals surface area (Å²) in [5.41, 5.74) is 4.76. The number of pyridine rings is 1. The molecular formula is C22H24N4O. The smallest absolute Gasteiger partial charge is 0.225 e. The Hall–Kier alpha value is -2.95. The lowest BCUT2D eigenvalue weighted by Gasteiger charge is -2.27. The largest absolute Gasteiger partial charge is 0.311 e. The number of anilines is 1. The topological polar surface area (TPSA) is 59.8 Å². The molecule has 4 rings (SSSR count). The minimum atomic E-state index is 0.00722. The first-order chi connectivity index (χ1) is 13.2. The average molecular weight is 360 g/mol. The van der Waals surface area contributed by atoms with Crippen LogP contribution in [-0.4, -0.2) is 20.7 Å². The standard InChI is InChI=1S/C22H24N4O/c1-16-14-24-26(20-10-4-8-18-7-2-3-9-19(18)20)22(16)25-21(27)12-11-17-6-5-13-23-15-17/h2-3,5-7,9,13-15,20H,4,8,10-12H2,1H3,(H,25,27)/t20-/m1/s1. The van der Waals surface area contributed by atoms with Gasteiger partial charge in [0.2, 0.25) is 5.91 Å². The van der Waals surface area contributed by atoms with Crippen LogP contribution in [0.3, 0.4) is 0 Å². The van der Waals surface area contributed by atoms with E-state index in [1.165, 1.54) is 11.1 Å².